The molecule has 8 heteroatoms. The Balaban J connectivity index is 2.07. The third-order valence-electron chi connectivity index (χ3n) is 3.97. The molecule has 0 aliphatic heterocycles. The summed E-state index contributed by atoms with van der Waals surface area (Å²) in [7, 11) is 0. The fraction of sp³-hybridized carbons (Fsp3) is 0.200. The van der Waals surface area contributed by atoms with Gasteiger partial charge in [0.15, 0.2) is 11.5 Å². The van der Waals surface area contributed by atoms with Crippen molar-refractivity contribution in [2.45, 2.75) is 18.0 Å². The zero-order valence-electron chi connectivity index (χ0n) is 15.1. The van der Waals surface area contributed by atoms with Gasteiger partial charge in [-0.05, 0) is 49.6 Å². The molecule has 1 aromatic heterocycles. The molecule has 0 radical (unpaired) electrons. The highest BCUT2D eigenvalue weighted by atomic mass is 32.2. The third kappa shape index (κ3) is 4.22. The number of halogens is 3. The van der Waals surface area contributed by atoms with Gasteiger partial charge in [0.2, 0.25) is 5.89 Å². The Bertz CT molecular complexity index is 982. The van der Waals surface area contributed by atoms with Crippen molar-refractivity contribution in [3.8, 4) is 22.8 Å². The molecule has 0 aliphatic rings. The minimum Gasteiger partial charge on any atom is -0.435 e. The second-order valence-corrected chi connectivity index (χ2v) is 6.74. The average Bonchev–Trinajstić information content (AvgIpc) is 3.13. The maximum atomic E-state index is 12.8. The molecule has 0 spiro atoms. The van der Waals surface area contributed by atoms with Crippen molar-refractivity contribution in [1.29, 1.82) is 0 Å². The van der Waals surface area contributed by atoms with Crippen LogP contribution in [0.2, 0.25) is 0 Å². The number of carbonyl (C=O) groups is 1. The molecule has 3 rings (SSSR count). The molecule has 0 saturated carbocycles. The van der Waals surface area contributed by atoms with E-state index >= 15 is 0 Å². The first-order valence-corrected chi connectivity index (χ1v) is 9.67. The van der Waals surface area contributed by atoms with Crippen molar-refractivity contribution in [1.82, 2.24) is 10.3 Å². The molecule has 146 valence electrons. The van der Waals surface area contributed by atoms with Crippen LogP contribution in [0.4, 0.5) is 13.2 Å². The Kier molecular flexibility index (Phi) is 5.79. The van der Waals surface area contributed by atoms with E-state index in [1.807, 2.05) is 24.5 Å². The van der Waals surface area contributed by atoms with Crippen molar-refractivity contribution < 1.29 is 22.4 Å². The highest BCUT2D eigenvalue weighted by Crippen LogP contribution is 2.34. The molecule has 3 aromatic rings. The van der Waals surface area contributed by atoms with E-state index < -0.39 is 17.6 Å². The van der Waals surface area contributed by atoms with Gasteiger partial charge in [0.1, 0.15) is 0 Å². The molecule has 0 aliphatic carbocycles. The topological polar surface area (TPSA) is 55.1 Å². The van der Waals surface area contributed by atoms with Crippen LogP contribution in [0, 0.1) is 0 Å². The highest BCUT2D eigenvalue weighted by molar-refractivity contribution is 7.98. The lowest BCUT2D eigenvalue weighted by atomic mass is 10.1. The van der Waals surface area contributed by atoms with Crippen molar-refractivity contribution in [2.75, 3.05) is 12.8 Å². The van der Waals surface area contributed by atoms with Crippen LogP contribution in [0.1, 0.15) is 23.0 Å². The molecule has 1 heterocycles. The maximum Gasteiger partial charge on any atom is 0.416 e. The van der Waals surface area contributed by atoms with Gasteiger partial charge in [0.25, 0.3) is 5.91 Å². The number of hydrogen-bond donors (Lipinski definition) is 1. The second-order valence-electron chi connectivity index (χ2n) is 5.86. The molecule has 1 amide bonds. The Labute approximate surface area is 164 Å². The molecular formula is C20H17F3N2O2S. The van der Waals surface area contributed by atoms with Gasteiger partial charge in [0.05, 0.1) is 5.56 Å². The monoisotopic (exact) mass is 406 g/mol. The van der Waals surface area contributed by atoms with E-state index in [2.05, 4.69) is 10.3 Å². The number of benzene rings is 2. The summed E-state index contributed by atoms with van der Waals surface area (Å²) >= 11 is 1.54. The first kappa shape index (κ1) is 20.0. The van der Waals surface area contributed by atoms with Crippen LogP contribution in [0.25, 0.3) is 22.8 Å². The largest absolute Gasteiger partial charge is 0.435 e. The first-order chi connectivity index (χ1) is 13.3. The molecule has 0 saturated heterocycles. The van der Waals surface area contributed by atoms with Crippen LogP contribution in [0.5, 0.6) is 0 Å². The molecule has 1 N–H and O–H groups in total. The summed E-state index contributed by atoms with van der Waals surface area (Å²) in [4.78, 5) is 17.7. The van der Waals surface area contributed by atoms with Crippen LogP contribution in [-0.4, -0.2) is 23.7 Å². The van der Waals surface area contributed by atoms with Crippen molar-refractivity contribution in [2.24, 2.45) is 0 Å². The van der Waals surface area contributed by atoms with E-state index in [0.717, 1.165) is 17.0 Å². The Morgan fingerprint density at radius 2 is 1.86 bits per heavy atom. The number of nitrogens with zero attached hydrogens (tertiary/aromatic N) is 1. The number of alkyl halides is 3. The third-order valence-corrected chi connectivity index (χ3v) is 4.70. The van der Waals surface area contributed by atoms with Gasteiger partial charge in [-0.15, -0.1) is 11.8 Å². The van der Waals surface area contributed by atoms with Crippen LogP contribution in [0.15, 0.2) is 57.8 Å². The number of oxazole rings is 1. The number of hydrogen-bond acceptors (Lipinski definition) is 4. The average molecular weight is 406 g/mol. The SMILES string of the molecule is CCNC(=O)c1nc(-c2ccc(C(F)(F)F)cc2)oc1-c1cccc(SC)c1. The molecule has 0 fully saturated rings. The Morgan fingerprint density at radius 1 is 1.14 bits per heavy atom. The molecule has 2 aromatic carbocycles. The first-order valence-electron chi connectivity index (χ1n) is 8.44. The van der Waals surface area contributed by atoms with Gasteiger partial charge >= 0.3 is 6.18 Å². The summed E-state index contributed by atoms with van der Waals surface area (Å²) in [5.74, 6) is -0.0507. The fourth-order valence-corrected chi connectivity index (χ4v) is 3.06. The molecular weight excluding hydrogens is 389 g/mol. The predicted octanol–water partition coefficient (Wildman–Crippen LogP) is 5.50. The minimum atomic E-state index is -4.43. The van der Waals surface area contributed by atoms with Crippen LogP contribution < -0.4 is 5.32 Å². The van der Waals surface area contributed by atoms with Gasteiger partial charge in [-0.2, -0.15) is 13.2 Å². The highest BCUT2D eigenvalue weighted by Gasteiger charge is 2.30. The summed E-state index contributed by atoms with van der Waals surface area (Å²) in [6.45, 7) is 2.19. The normalized spacial score (nSPS) is 11.5. The second kappa shape index (κ2) is 8.10. The maximum absolute atomic E-state index is 12.8. The quantitative estimate of drug-likeness (QED) is 0.569. The van der Waals surface area contributed by atoms with Crippen molar-refractivity contribution in [3.63, 3.8) is 0 Å². The van der Waals surface area contributed by atoms with Gasteiger partial charge in [0, 0.05) is 22.6 Å². The number of rotatable bonds is 5. The molecule has 0 atom stereocenters. The van der Waals surface area contributed by atoms with Crippen LogP contribution >= 0.6 is 11.8 Å². The zero-order valence-corrected chi connectivity index (χ0v) is 15.9. The van der Waals surface area contributed by atoms with E-state index in [4.69, 9.17) is 4.42 Å². The van der Waals surface area contributed by atoms with E-state index in [9.17, 15) is 18.0 Å². The van der Waals surface area contributed by atoms with Gasteiger partial charge in [-0.1, -0.05) is 12.1 Å². The lowest BCUT2D eigenvalue weighted by Crippen LogP contribution is -2.23. The van der Waals surface area contributed by atoms with E-state index in [-0.39, 0.29) is 17.3 Å². The van der Waals surface area contributed by atoms with Gasteiger partial charge in [-0.25, -0.2) is 4.98 Å². The molecule has 4 nitrogen and oxygen atoms in total. The number of nitrogens with one attached hydrogen (secondary N) is 1. The Hall–Kier alpha value is -2.74. The Morgan fingerprint density at radius 3 is 2.46 bits per heavy atom. The van der Waals surface area contributed by atoms with E-state index in [0.29, 0.717) is 17.7 Å². The lowest BCUT2D eigenvalue weighted by molar-refractivity contribution is -0.137. The number of amides is 1. The zero-order chi connectivity index (χ0) is 20.3. The number of carbonyl (C=O) groups excluding carboxylic acids is 1. The lowest BCUT2D eigenvalue weighted by Gasteiger charge is -2.06. The molecule has 0 bridgehead atoms. The summed E-state index contributed by atoms with van der Waals surface area (Å²) < 4.78 is 44.2. The van der Waals surface area contributed by atoms with Crippen molar-refractivity contribution in [3.05, 3.63) is 59.8 Å². The van der Waals surface area contributed by atoms with Gasteiger partial charge in [-0.3, -0.25) is 4.79 Å². The number of aromatic nitrogens is 1. The summed E-state index contributed by atoms with van der Waals surface area (Å²) in [5.41, 5.74) is 0.347. The van der Waals surface area contributed by atoms with Crippen LogP contribution in [0.3, 0.4) is 0 Å². The summed E-state index contributed by atoms with van der Waals surface area (Å²) in [5, 5.41) is 2.68. The van der Waals surface area contributed by atoms with E-state index in [1.165, 1.54) is 12.1 Å². The fourth-order valence-electron chi connectivity index (χ4n) is 2.60. The van der Waals surface area contributed by atoms with Gasteiger partial charge < -0.3 is 9.73 Å². The van der Waals surface area contributed by atoms with Crippen LogP contribution in [-0.2, 0) is 6.18 Å². The molecule has 0 unspecified atom stereocenters. The minimum absolute atomic E-state index is 0.0829. The van der Waals surface area contributed by atoms with E-state index in [1.54, 1.807) is 24.8 Å². The summed E-state index contributed by atoms with van der Waals surface area (Å²) in [6, 6.07) is 11.9. The van der Waals surface area contributed by atoms with Crippen molar-refractivity contribution >= 4 is 17.7 Å². The smallest absolute Gasteiger partial charge is 0.416 e. The molecule has 28 heavy (non-hydrogen) atoms. The number of thioether (sulfide) groups is 1. The predicted molar refractivity (Wildman–Crippen MR) is 102 cm³/mol. The standard InChI is InChI=1S/C20H17F3N2O2S/c1-3-24-18(26)16-17(13-5-4-6-15(11-13)28-2)27-19(25-16)12-7-9-14(10-8-12)20(21,22)23/h4-11H,3H2,1-2H3,(H,24,26). The summed E-state index contributed by atoms with van der Waals surface area (Å²) in [6.07, 6.45) is -2.50.